The number of rotatable bonds is 2. The number of piperidine rings is 1. The number of sulfonamides is 1. The largest absolute Gasteiger partial charge is 0.393 e. The smallest absolute Gasteiger partial charge is 0.243 e. The van der Waals surface area contributed by atoms with Crippen LogP contribution in [0.3, 0.4) is 0 Å². The highest BCUT2D eigenvalue weighted by atomic mass is 35.5. The van der Waals surface area contributed by atoms with E-state index in [-0.39, 0.29) is 28.9 Å². The van der Waals surface area contributed by atoms with Crippen LogP contribution in [0.25, 0.3) is 0 Å². The Bertz CT molecular complexity index is 578. The van der Waals surface area contributed by atoms with Crippen LogP contribution in [0.1, 0.15) is 13.3 Å². The molecule has 0 radical (unpaired) electrons. The molecule has 1 aliphatic heterocycles. The fourth-order valence-electron chi connectivity index (χ4n) is 2.10. The number of hydrogen-bond acceptors (Lipinski definition) is 3. The lowest BCUT2D eigenvalue weighted by molar-refractivity contribution is 0.0628. The van der Waals surface area contributed by atoms with Gasteiger partial charge in [0.15, 0.2) is 0 Å². The topological polar surface area (TPSA) is 57.6 Å². The van der Waals surface area contributed by atoms with E-state index in [0.29, 0.717) is 6.42 Å². The second-order valence-electron chi connectivity index (χ2n) is 4.77. The van der Waals surface area contributed by atoms with Gasteiger partial charge in [-0.05, 0) is 30.5 Å². The van der Waals surface area contributed by atoms with Crippen LogP contribution in [0.15, 0.2) is 23.1 Å². The summed E-state index contributed by atoms with van der Waals surface area (Å²) in [6.07, 6.45) is -0.0850. The molecule has 1 fully saturated rings. The molecule has 2 atom stereocenters. The fraction of sp³-hybridized carbons (Fsp3) is 0.500. The highest BCUT2D eigenvalue weighted by Crippen LogP contribution is 2.26. The number of aliphatic hydroxyl groups excluding tert-OH is 1. The summed E-state index contributed by atoms with van der Waals surface area (Å²) in [6, 6.07) is 3.35. The predicted octanol–water partition coefficient (Wildman–Crippen LogP) is 1.87. The summed E-state index contributed by atoms with van der Waals surface area (Å²) in [4.78, 5) is -0.0255. The van der Waals surface area contributed by atoms with Gasteiger partial charge in [0.1, 0.15) is 5.82 Å². The molecule has 0 saturated carbocycles. The molecule has 2 rings (SSSR count). The Morgan fingerprint density at radius 3 is 2.74 bits per heavy atom. The number of benzene rings is 1. The van der Waals surface area contributed by atoms with E-state index in [0.717, 1.165) is 12.1 Å². The Balaban J connectivity index is 2.29. The first kappa shape index (κ1) is 14.7. The monoisotopic (exact) mass is 307 g/mol. The van der Waals surface area contributed by atoms with Crippen LogP contribution in [-0.4, -0.2) is 37.0 Å². The summed E-state index contributed by atoms with van der Waals surface area (Å²) < 4.78 is 39.1. The third-order valence-electron chi connectivity index (χ3n) is 3.35. The minimum atomic E-state index is -3.69. The van der Waals surface area contributed by atoms with Crippen LogP contribution in [0.4, 0.5) is 4.39 Å². The molecule has 19 heavy (non-hydrogen) atoms. The number of aliphatic hydroxyl groups is 1. The van der Waals surface area contributed by atoms with Gasteiger partial charge < -0.3 is 5.11 Å². The number of nitrogens with zero attached hydrogens (tertiary/aromatic N) is 1. The summed E-state index contributed by atoms with van der Waals surface area (Å²) in [7, 11) is -3.69. The van der Waals surface area contributed by atoms with Crippen molar-refractivity contribution in [1.29, 1.82) is 0 Å². The summed E-state index contributed by atoms with van der Waals surface area (Å²) >= 11 is 5.61. The Labute approximate surface area is 116 Å². The highest BCUT2D eigenvalue weighted by molar-refractivity contribution is 7.89. The van der Waals surface area contributed by atoms with Gasteiger partial charge in [0.2, 0.25) is 10.0 Å². The van der Waals surface area contributed by atoms with Gasteiger partial charge in [-0.1, -0.05) is 18.5 Å². The SMILES string of the molecule is CC1CN(S(=O)(=O)c2ccc(F)c(Cl)c2)CCC1O. The van der Waals surface area contributed by atoms with Gasteiger partial charge in [0.05, 0.1) is 16.0 Å². The molecule has 1 aromatic rings. The first-order valence-electron chi connectivity index (χ1n) is 5.95. The lowest BCUT2D eigenvalue weighted by Crippen LogP contribution is -2.44. The van der Waals surface area contributed by atoms with Crippen LogP contribution >= 0.6 is 11.6 Å². The fourth-order valence-corrected chi connectivity index (χ4v) is 3.93. The average Bonchev–Trinajstić information content (AvgIpc) is 2.35. The van der Waals surface area contributed by atoms with Gasteiger partial charge in [0, 0.05) is 13.1 Å². The zero-order valence-electron chi connectivity index (χ0n) is 10.4. The predicted molar refractivity (Wildman–Crippen MR) is 70.0 cm³/mol. The molecule has 1 saturated heterocycles. The van der Waals surface area contributed by atoms with Crippen LogP contribution in [0.2, 0.25) is 5.02 Å². The maximum absolute atomic E-state index is 13.1. The van der Waals surface area contributed by atoms with E-state index >= 15 is 0 Å². The summed E-state index contributed by atoms with van der Waals surface area (Å²) in [5.74, 6) is -0.775. The van der Waals surface area contributed by atoms with Gasteiger partial charge in [-0.3, -0.25) is 0 Å². The lowest BCUT2D eigenvalue weighted by Gasteiger charge is -2.33. The zero-order valence-corrected chi connectivity index (χ0v) is 12.0. The molecular formula is C12H15ClFNO3S. The Kier molecular flexibility index (Phi) is 4.15. The third-order valence-corrected chi connectivity index (χ3v) is 5.50. The molecule has 106 valence electrons. The normalized spacial score (nSPS) is 25.5. The molecule has 2 unspecified atom stereocenters. The van der Waals surface area contributed by atoms with Gasteiger partial charge in [0.25, 0.3) is 0 Å². The summed E-state index contributed by atoms with van der Waals surface area (Å²) in [5.41, 5.74) is 0. The van der Waals surface area contributed by atoms with Gasteiger partial charge in [-0.25, -0.2) is 12.8 Å². The quantitative estimate of drug-likeness (QED) is 0.907. The highest BCUT2D eigenvalue weighted by Gasteiger charge is 2.32. The van der Waals surface area contributed by atoms with E-state index in [9.17, 15) is 17.9 Å². The first-order chi connectivity index (χ1) is 8.82. The van der Waals surface area contributed by atoms with Crippen molar-refractivity contribution in [2.24, 2.45) is 5.92 Å². The number of halogens is 2. The van der Waals surface area contributed by atoms with Crippen molar-refractivity contribution in [3.05, 3.63) is 29.0 Å². The molecule has 4 nitrogen and oxygen atoms in total. The molecule has 0 aliphatic carbocycles. The van der Waals surface area contributed by atoms with E-state index < -0.39 is 21.9 Å². The minimum absolute atomic E-state index is 0.0255. The molecule has 1 heterocycles. The molecule has 0 spiro atoms. The maximum Gasteiger partial charge on any atom is 0.243 e. The molecule has 7 heteroatoms. The van der Waals surface area contributed by atoms with Crippen molar-refractivity contribution in [3.8, 4) is 0 Å². The zero-order chi connectivity index (χ0) is 14.2. The van der Waals surface area contributed by atoms with E-state index in [1.807, 2.05) is 0 Å². The van der Waals surface area contributed by atoms with Crippen LogP contribution in [0.5, 0.6) is 0 Å². The minimum Gasteiger partial charge on any atom is -0.393 e. The van der Waals surface area contributed by atoms with Crippen LogP contribution in [-0.2, 0) is 10.0 Å². The maximum atomic E-state index is 13.1. The van der Waals surface area contributed by atoms with Crippen molar-refractivity contribution in [2.45, 2.75) is 24.3 Å². The standard InChI is InChI=1S/C12H15ClFNO3S/c1-8-7-15(5-4-12(8)16)19(17,18)9-2-3-11(14)10(13)6-9/h2-3,6,8,12,16H,4-5,7H2,1H3. The summed E-state index contributed by atoms with van der Waals surface area (Å²) in [6.45, 7) is 2.30. The second-order valence-corrected chi connectivity index (χ2v) is 7.12. The van der Waals surface area contributed by atoms with Crippen molar-refractivity contribution in [3.63, 3.8) is 0 Å². The molecular weight excluding hydrogens is 293 g/mol. The Morgan fingerprint density at radius 2 is 2.16 bits per heavy atom. The van der Waals surface area contributed by atoms with E-state index in [1.54, 1.807) is 6.92 Å². The van der Waals surface area contributed by atoms with Crippen LogP contribution in [0, 0.1) is 11.7 Å². The van der Waals surface area contributed by atoms with Crippen molar-refractivity contribution >= 4 is 21.6 Å². The molecule has 1 aliphatic rings. The van der Waals surface area contributed by atoms with E-state index in [2.05, 4.69) is 0 Å². The average molecular weight is 308 g/mol. The molecule has 0 aromatic heterocycles. The molecule has 1 aromatic carbocycles. The summed E-state index contributed by atoms with van der Waals surface area (Å²) in [5, 5.41) is 9.40. The molecule has 0 bridgehead atoms. The second kappa shape index (κ2) is 5.36. The third kappa shape index (κ3) is 2.91. The van der Waals surface area contributed by atoms with E-state index in [1.165, 1.54) is 10.4 Å². The van der Waals surface area contributed by atoms with Gasteiger partial charge >= 0.3 is 0 Å². The van der Waals surface area contributed by atoms with Gasteiger partial charge in [-0.15, -0.1) is 0 Å². The van der Waals surface area contributed by atoms with Gasteiger partial charge in [-0.2, -0.15) is 4.31 Å². The van der Waals surface area contributed by atoms with Crippen molar-refractivity contribution in [1.82, 2.24) is 4.31 Å². The molecule has 1 N–H and O–H groups in total. The van der Waals surface area contributed by atoms with Crippen LogP contribution < -0.4 is 0 Å². The first-order valence-corrected chi connectivity index (χ1v) is 7.77. The van der Waals surface area contributed by atoms with Crippen molar-refractivity contribution in [2.75, 3.05) is 13.1 Å². The van der Waals surface area contributed by atoms with Crippen molar-refractivity contribution < 1.29 is 17.9 Å². The Morgan fingerprint density at radius 1 is 1.47 bits per heavy atom. The molecule has 0 amide bonds. The Hall–Kier alpha value is -0.690. The van der Waals surface area contributed by atoms with E-state index in [4.69, 9.17) is 11.6 Å². The number of hydrogen-bond donors (Lipinski definition) is 1. The lowest BCUT2D eigenvalue weighted by atomic mass is 9.99.